The number of rotatable bonds is 4. The summed E-state index contributed by atoms with van der Waals surface area (Å²) >= 11 is 7.51. The van der Waals surface area contributed by atoms with E-state index in [2.05, 4.69) is 5.10 Å². The van der Waals surface area contributed by atoms with E-state index in [1.54, 1.807) is 10.9 Å². The first-order valence-electron chi connectivity index (χ1n) is 5.87. The number of halogens is 1. The van der Waals surface area contributed by atoms with Crippen molar-refractivity contribution in [3.63, 3.8) is 0 Å². The molecule has 0 bridgehead atoms. The van der Waals surface area contributed by atoms with E-state index >= 15 is 0 Å². The Morgan fingerprint density at radius 1 is 1.53 bits per heavy atom. The molecule has 0 aliphatic heterocycles. The molecule has 0 radical (unpaired) electrons. The summed E-state index contributed by atoms with van der Waals surface area (Å²) in [6.45, 7) is 5.81. The molecule has 0 aliphatic rings. The SMILES string of the molecule is COc1cnn(C(C)C)c1C(=O)c1scc(C)c1Cl. The summed E-state index contributed by atoms with van der Waals surface area (Å²) in [6, 6.07) is 0.0719. The lowest BCUT2D eigenvalue weighted by Crippen LogP contribution is -2.13. The number of aryl methyl sites for hydroxylation is 1. The van der Waals surface area contributed by atoms with Gasteiger partial charge in [-0.15, -0.1) is 11.3 Å². The molecule has 0 saturated heterocycles. The minimum Gasteiger partial charge on any atom is -0.493 e. The fraction of sp³-hybridized carbons (Fsp3) is 0.385. The number of ketones is 1. The topological polar surface area (TPSA) is 44.1 Å². The summed E-state index contributed by atoms with van der Waals surface area (Å²) in [5, 5.41) is 6.58. The number of ether oxygens (including phenoxy) is 1. The Kier molecular flexibility index (Phi) is 3.96. The van der Waals surface area contributed by atoms with Crippen molar-refractivity contribution in [1.29, 1.82) is 0 Å². The summed E-state index contributed by atoms with van der Waals surface area (Å²) < 4.78 is 6.88. The highest BCUT2D eigenvalue weighted by molar-refractivity contribution is 7.13. The lowest BCUT2D eigenvalue weighted by Gasteiger charge is -2.10. The summed E-state index contributed by atoms with van der Waals surface area (Å²) in [5.74, 6) is 0.326. The first kappa shape index (κ1) is 14.1. The maximum Gasteiger partial charge on any atom is 0.226 e. The minimum absolute atomic E-state index is 0.0719. The molecule has 102 valence electrons. The highest BCUT2D eigenvalue weighted by Crippen LogP contribution is 2.32. The number of carbonyl (C=O) groups is 1. The van der Waals surface area contributed by atoms with Gasteiger partial charge in [0.2, 0.25) is 5.78 Å². The maximum atomic E-state index is 12.6. The molecular weight excluding hydrogens is 284 g/mol. The molecule has 2 heterocycles. The molecule has 4 nitrogen and oxygen atoms in total. The monoisotopic (exact) mass is 298 g/mol. The lowest BCUT2D eigenvalue weighted by molar-refractivity contribution is 0.102. The van der Waals surface area contributed by atoms with Gasteiger partial charge in [0.25, 0.3) is 0 Å². The second-order valence-electron chi connectivity index (χ2n) is 4.49. The molecule has 0 aliphatic carbocycles. The van der Waals surface area contributed by atoms with Gasteiger partial charge < -0.3 is 4.74 Å². The Hall–Kier alpha value is -1.33. The van der Waals surface area contributed by atoms with Crippen LogP contribution < -0.4 is 4.74 Å². The van der Waals surface area contributed by atoms with E-state index in [4.69, 9.17) is 16.3 Å². The molecular formula is C13H15ClN2O2S. The Morgan fingerprint density at radius 3 is 2.68 bits per heavy atom. The van der Waals surface area contributed by atoms with Gasteiger partial charge in [0.15, 0.2) is 11.4 Å². The van der Waals surface area contributed by atoms with Crippen molar-refractivity contribution in [2.75, 3.05) is 7.11 Å². The van der Waals surface area contributed by atoms with Crippen molar-refractivity contribution in [3.05, 3.63) is 32.7 Å². The van der Waals surface area contributed by atoms with E-state index < -0.39 is 0 Å². The van der Waals surface area contributed by atoms with Crippen LogP contribution in [0.1, 0.15) is 40.8 Å². The summed E-state index contributed by atoms with van der Waals surface area (Å²) in [5.41, 5.74) is 1.35. The Bertz CT molecular complexity index is 616. The van der Waals surface area contributed by atoms with Crippen molar-refractivity contribution in [3.8, 4) is 5.75 Å². The normalized spacial score (nSPS) is 11.1. The van der Waals surface area contributed by atoms with E-state index in [-0.39, 0.29) is 11.8 Å². The van der Waals surface area contributed by atoms with Crippen molar-refractivity contribution in [2.45, 2.75) is 26.8 Å². The molecule has 0 unspecified atom stereocenters. The molecule has 0 spiro atoms. The standard InChI is InChI=1S/C13H15ClN2O2S/c1-7(2)16-11(9(18-4)5-15-16)12(17)13-10(14)8(3)6-19-13/h5-7H,1-4H3. The van der Waals surface area contributed by atoms with Crippen molar-refractivity contribution >= 4 is 28.7 Å². The second-order valence-corrected chi connectivity index (χ2v) is 5.75. The molecule has 0 aromatic carbocycles. The lowest BCUT2D eigenvalue weighted by atomic mass is 10.2. The smallest absolute Gasteiger partial charge is 0.226 e. The van der Waals surface area contributed by atoms with Crippen LogP contribution in [0.5, 0.6) is 5.75 Å². The maximum absolute atomic E-state index is 12.6. The number of thiophene rings is 1. The predicted octanol–water partition coefficient (Wildman–Crippen LogP) is 3.73. The molecule has 0 amide bonds. The summed E-state index contributed by atoms with van der Waals surface area (Å²) in [7, 11) is 1.53. The number of hydrogen-bond donors (Lipinski definition) is 0. The zero-order valence-corrected chi connectivity index (χ0v) is 12.8. The first-order chi connectivity index (χ1) is 8.97. The predicted molar refractivity (Wildman–Crippen MR) is 76.7 cm³/mol. The molecule has 6 heteroatoms. The summed E-state index contributed by atoms with van der Waals surface area (Å²) in [6.07, 6.45) is 1.56. The van der Waals surface area contributed by atoms with E-state index in [1.165, 1.54) is 18.4 Å². The van der Waals surface area contributed by atoms with Crippen molar-refractivity contribution < 1.29 is 9.53 Å². The van der Waals surface area contributed by atoms with E-state index in [0.29, 0.717) is 21.3 Å². The molecule has 2 rings (SSSR count). The first-order valence-corrected chi connectivity index (χ1v) is 7.12. The Labute approximate surface area is 121 Å². The molecule has 2 aromatic heterocycles. The van der Waals surface area contributed by atoms with Gasteiger partial charge in [0.1, 0.15) is 0 Å². The van der Waals surface area contributed by atoms with Gasteiger partial charge in [-0.3, -0.25) is 9.48 Å². The fourth-order valence-corrected chi connectivity index (χ4v) is 3.01. The van der Waals surface area contributed by atoms with Crippen molar-refractivity contribution in [1.82, 2.24) is 9.78 Å². The highest BCUT2D eigenvalue weighted by atomic mass is 35.5. The van der Waals surface area contributed by atoms with Gasteiger partial charge in [-0.2, -0.15) is 5.10 Å². The van der Waals surface area contributed by atoms with E-state index in [0.717, 1.165) is 5.56 Å². The Balaban J connectivity index is 2.55. The zero-order valence-electron chi connectivity index (χ0n) is 11.2. The average Bonchev–Trinajstić information content (AvgIpc) is 2.94. The molecule has 0 N–H and O–H groups in total. The van der Waals surface area contributed by atoms with E-state index in [9.17, 15) is 4.79 Å². The molecule has 0 fully saturated rings. The van der Waals surface area contributed by atoms with Gasteiger partial charge in [0.05, 0.1) is 23.2 Å². The molecule has 0 saturated carbocycles. The van der Waals surface area contributed by atoms with Crippen LogP contribution in [0.2, 0.25) is 5.02 Å². The number of methoxy groups -OCH3 is 1. The van der Waals surface area contributed by atoms with Crippen LogP contribution in [0.25, 0.3) is 0 Å². The third-order valence-electron chi connectivity index (χ3n) is 2.79. The minimum atomic E-state index is -0.147. The average molecular weight is 299 g/mol. The highest BCUT2D eigenvalue weighted by Gasteiger charge is 2.25. The van der Waals surface area contributed by atoms with Crippen LogP contribution in [0.15, 0.2) is 11.6 Å². The number of aromatic nitrogens is 2. The van der Waals surface area contributed by atoms with Gasteiger partial charge >= 0.3 is 0 Å². The van der Waals surface area contributed by atoms with Crippen molar-refractivity contribution in [2.24, 2.45) is 0 Å². The van der Waals surface area contributed by atoms with Crippen LogP contribution in [-0.4, -0.2) is 22.7 Å². The fourth-order valence-electron chi connectivity index (χ4n) is 1.79. The van der Waals surface area contributed by atoms with Crippen LogP contribution in [0, 0.1) is 6.92 Å². The third-order valence-corrected chi connectivity index (χ3v) is 4.49. The molecule has 2 aromatic rings. The number of nitrogens with zero attached hydrogens (tertiary/aromatic N) is 2. The van der Waals surface area contributed by atoms with Gasteiger partial charge in [-0.1, -0.05) is 11.6 Å². The molecule has 19 heavy (non-hydrogen) atoms. The van der Waals surface area contributed by atoms with Crippen LogP contribution in [-0.2, 0) is 0 Å². The second kappa shape index (κ2) is 5.35. The zero-order chi connectivity index (χ0) is 14.2. The van der Waals surface area contributed by atoms with E-state index in [1.807, 2.05) is 26.2 Å². The van der Waals surface area contributed by atoms with Gasteiger partial charge in [-0.05, 0) is 31.7 Å². The van der Waals surface area contributed by atoms with Gasteiger partial charge in [-0.25, -0.2) is 0 Å². The number of carbonyl (C=O) groups excluding carboxylic acids is 1. The summed E-state index contributed by atoms with van der Waals surface area (Å²) in [4.78, 5) is 13.2. The van der Waals surface area contributed by atoms with Crippen LogP contribution >= 0.6 is 22.9 Å². The molecule has 0 atom stereocenters. The largest absolute Gasteiger partial charge is 0.493 e. The van der Waals surface area contributed by atoms with Crippen LogP contribution in [0.3, 0.4) is 0 Å². The van der Waals surface area contributed by atoms with Crippen LogP contribution in [0.4, 0.5) is 0 Å². The number of hydrogen-bond acceptors (Lipinski definition) is 4. The van der Waals surface area contributed by atoms with Gasteiger partial charge in [0, 0.05) is 6.04 Å². The third kappa shape index (κ3) is 2.40. The quantitative estimate of drug-likeness (QED) is 0.808. The Morgan fingerprint density at radius 2 is 2.21 bits per heavy atom.